The van der Waals surface area contributed by atoms with Gasteiger partial charge >= 0.3 is 0 Å². The Labute approximate surface area is 178 Å². The van der Waals surface area contributed by atoms with Crippen molar-refractivity contribution in [3.05, 3.63) is 70.5 Å². The van der Waals surface area contributed by atoms with E-state index < -0.39 is 17.7 Å². The molecule has 2 aromatic carbocycles. The summed E-state index contributed by atoms with van der Waals surface area (Å²) in [6.07, 6.45) is 1.03. The zero-order valence-corrected chi connectivity index (χ0v) is 17.7. The summed E-state index contributed by atoms with van der Waals surface area (Å²) in [5, 5.41) is 13.0. The van der Waals surface area contributed by atoms with Crippen molar-refractivity contribution in [1.29, 1.82) is 0 Å². The van der Waals surface area contributed by atoms with Crippen molar-refractivity contribution in [2.24, 2.45) is 5.41 Å². The Bertz CT molecular complexity index is 1300. The van der Waals surface area contributed by atoms with Gasteiger partial charge in [0.15, 0.2) is 17.4 Å². The van der Waals surface area contributed by atoms with Crippen molar-refractivity contribution in [1.82, 2.24) is 9.97 Å². The topological polar surface area (TPSA) is 58.1 Å². The van der Waals surface area contributed by atoms with E-state index in [-0.39, 0.29) is 17.6 Å². The standard InChI is InChI=1S/C25H24F2N2O2/c1-25(2)11-19-22(20(30)12-25)21-14-6-4-5-7-17(14)29-23(21)18(28-19)10-13-8-15(26)24(31-3)16(27)9-13/h4-9,20,29-30H,10-12H2,1-3H3/t20-/m1/s1. The number of aliphatic hydroxyl groups is 1. The summed E-state index contributed by atoms with van der Waals surface area (Å²) in [4.78, 5) is 8.34. The van der Waals surface area contributed by atoms with Crippen molar-refractivity contribution in [2.45, 2.75) is 39.2 Å². The Hall–Kier alpha value is -2.99. The molecule has 0 unspecified atom stereocenters. The van der Waals surface area contributed by atoms with Crippen LogP contribution >= 0.6 is 0 Å². The average Bonchev–Trinajstić information content (AvgIpc) is 3.06. The molecule has 31 heavy (non-hydrogen) atoms. The Morgan fingerprint density at radius 2 is 1.90 bits per heavy atom. The first-order valence-electron chi connectivity index (χ1n) is 10.4. The predicted molar refractivity (Wildman–Crippen MR) is 116 cm³/mol. The molecule has 1 atom stereocenters. The maximum absolute atomic E-state index is 14.3. The van der Waals surface area contributed by atoms with Crippen molar-refractivity contribution in [3.63, 3.8) is 0 Å². The van der Waals surface area contributed by atoms with Gasteiger partial charge in [-0.05, 0) is 42.0 Å². The Kier molecular flexibility index (Phi) is 4.52. The molecule has 0 saturated heterocycles. The lowest BCUT2D eigenvalue weighted by Gasteiger charge is -2.34. The first-order chi connectivity index (χ1) is 14.8. The fourth-order valence-corrected chi connectivity index (χ4v) is 4.94. The molecule has 1 aliphatic carbocycles. The number of fused-ring (bicyclic) bond motifs is 5. The molecule has 0 saturated carbocycles. The third-order valence-electron chi connectivity index (χ3n) is 6.20. The number of ether oxygens (including phenoxy) is 1. The van der Waals surface area contributed by atoms with Gasteiger partial charge in [0.05, 0.1) is 24.4 Å². The van der Waals surface area contributed by atoms with Crippen molar-refractivity contribution in [3.8, 4) is 5.75 Å². The van der Waals surface area contributed by atoms with Crippen LogP contribution in [-0.2, 0) is 12.8 Å². The number of halogens is 2. The molecule has 0 bridgehead atoms. The second kappa shape index (κ2) is 7.02. The summed E-state index contributed by atoms with van der Waals surface area (Å²) in [5.74, 6) is -1.86. The summed E-state index contributed by atoms with van der Waals surface area (Å²) in [5.41, 5.74) is 4.55. The molecular formula is C25H24F2N2O2. The summed E-state index contributed by atoms with van der Waals surface area (Å²) in [6, 6.07) is 10.5. The summed E-state index contributed by atoms with van der Waals surface area (Å²) < 4.78 is 33.4. The molecule has 0 spiro atoms. The van der Waals surface area contributed by atoms with Crippen LogP contribution in [0.25, 0.3) is 21.8 Å². The number of nitrogens with one attached hydrogen (secondary N) is 1. The normalized spacial score (nSPS) is 17.8. The minimum Gasteiger partial charge on any atom is -0.491 e. The van der Waals surface area contributed by atoms with Gasteiger partial charge in [-0.25, -0.2) is 8.78 Å². The Morgan fingerprint density at radius 3 is 2.61 bits per heavy atom. The lowest BCUT2D eigenvalue weighted by atomic mass is 9.74. The number of benzene rings is 2. The average molecular weight is 422 g/mol. The number of para-hydroxylation sites is 1. The molecule has 0 fully saturated rings. The largest absolute Gasteiger partial charge is 0.491 e. The van der Waals surface area contributed by atoms with Crippen molar-refractivity contribution < 1.29 is 18.6 Å². The second-order valence-electron chi connectivity index (χ2n) is 9.17. The lowest BCUT2D eigenvalue weighted by molar-refractivity contribution is 0.0997. The van der Waals surface area contributed by atoms with Crippen LogP contribution < -0.4 is 4.74 Å². The zero-order valence-electron chi connectivity index (χ0n) is 17.7. The van der Waals surface area contributed by atoms with Gasteiger partial charge in [-0.3, -0.25) is 4.98 Å². The Balaban J connectivity index is 1.75. The van der Waals surface area contributed by atoms with E-state index in [1.54, 1.807) is 0 Å². The summed E-state index contributed by atoms with van der Waals surface area (Å²) >= 11 is 0. The summed E-state index contributed by atoms with van der Waals surface area (Å²) in [7, 11) is 1.24. The fourth-order valence-electron chi connectivity index (χ4n) is 4.94. The van der Waals surface area contributed by atoms with E-state index in [4.69, 9.17) is 9.72 Å². The van der Waals surface area contributed by atoms with Gasteiger partial charge in [0.2, 0.25) is 0 Å². The number of hydrogen-bond acceptors (Lipinski definition) is 3. The van der Waals surface area contributed by atoms with E-state index in [1.807, 2.05) is 24.3 Å². The molecule has 1 aliphatic rings. The number of nitrogens with zero attached hydrogens (tertiary/aromatic N) is 1. The SMILES string of the molecule is COc1c(F)cc(Cc2nc3c(c4c2[nH]c2ccccc24)[C@H](O)CC(C)(C)C3)cc1F. The molecular weight excluding hydrogens is 398 g/mol. The molecule has 5 rings (SSSR count). The van der Waals surface area contributed by atoms with Crippen LogP contribution in [0, 0.1) is 17.0 Å². The van der Waals surface area contributed by atoms with Crippen LogP contribution in [0.15, 0.2) is 36.4 Å². The van der Waals surface area contributed by atoms with Crippen molar-refractivity contribution >= 4 is 21.8 Å². The summed E-state index contributed by atoms with van der Waals surface area (Å²) in [6.45, 7) is 4.24. The maximum Gasteiger partial charge on any atom is 0.190 e. The molecule has 6 heteroatoms. The third-order valence-corrected chi connectivity index (χ3v) is 6.20. The predicted octanol–water partition coefficient (Wildman–Crippen LogP) is 5.60. The van der Waals surface area contributed by atoms with Crippen LogP contribution in [0.4, 0.5) is 8.78 Å². The highest BCUT2D eigenvalue weighted by molar-refractivity contribution is 6.10. The third kappa shape index (κ3) is 3.26. The minimum atomic E-state index is -0.736. The molecule has 2 heterocycles. The van der Waals surface area contributed by atoms with E-state index in [2.05, 4.69) is 18.8 Å². The minimum absolute atomic E-state index is 0.0885. The van der Waals surface area contributed by atoms with Gasteiger partial charge < -0.3 is 14.8 Å². The van der Waals surface area contributed by atoms with Gasteiger partial charge in [-0.15, -0.1) is 0 Å². The molecule has 0 radical (unpaired) electrons. The van der Waals surface area contributed by atoms with E-state index in [0.717, 1.165) is 39.5 Å². The van der Waals surface area contributed by atoms with Crippen LogP contribution in [0.1, 0.15) is 48.9 Å². The zero-order chi connectivity index (χ0) is 21.9. The van der Waals surface area contributed by atoms with Gasteiger partial charge in [-0.2, -0.15) is 0 Å². The Morgan fingerprint density at radius 1 is 1.19 bits per heavy atom. The lowest BCUT2D eigenvalue weighted by Crippen LogP contribution is -2.27. The molecule has 4 nitrogen and oxygen atoms in total. The number of hydrogen-bond donors (Lipinski definition) is 2. The second-order valence-corrected chi connectivity index (χ2v) is 9.17. The molecule has 160 valence electrons. The quantitative estimate of drug-likeness (QED) is 0.452. The van der Waals surface area contributed by atoms with E-state index >= 15 is 0 Å². The molecule has 2 aromatic heterocycles. The van der Waals surface area contributed by atoms with Crippen LogP contribution in [-0.4, -0.2) is 22.2 Å². The molecule has 2 N–H and O–H groups in total. The molecule has 0 amide bonds. The number of H-pyrrole nitrogens is 1. The maximum atomic E-state index is 14.3. The fraction of sp³-hybridized carbons (Fsp3) is 0.320. The van der Waals surface area contributed by atoms with Gasteiger partial charge in [-0.1, -0.05) is 32.0 Å². The monoisotopic (exact) mass is 422 g/mol. The van der Waals surface area contributed by atoms with Gasteiger partial charge in [0, 0.05) is 34.0 Å². The number of pyridine rings is 1. The molecule has 4 aromatic rings. The first kappa shape index (κ1) is 19.9. The van der Waals surface area contributed by atoms with Crippen LogP contribution in [0.5, 0.6) is 5.75 Å². The number of methoxy groups -OCH3 is 1. The first-order valence-corrected chi connectivity index (χ1v) is 10.4. The van der Waals surface area contributed by atoms with Gasteiger partial charge in [0.1, 0.15) is 0 Å². The number of rotatable bonds is 3. The van der Waals surface area contributed by atoms with E-state index in [0.29, 0.717) is 17.7 Å². The highest BCUT2D eigenvalue weighted by Gasteiger charge is 2.35. The van der Waals surface area contributed by atoms with E-state index in [1.165, 1.54) is 19.2 Å². The highest BCUT2D eigenvalue weighted by atomic mass is 19.1. The van der Waals surface area contributed by atoms with Crippen LogP contribution in [0.2, 0.25) is 0 Å². The van der Waals surface area contributed by atoms with Crippen molar-refractivity contribution in [2.75, 3.05) is 7.11 Å². The highest BCUT2D eigenvalue weighted by Crippen LogP contribution is 2.45. The van der Waals surface area contributed by atoms with E-state index in [9.17, 15) is 13.9 Å². The smallest absolute Gasteiger partial charge is 0.190 e. The van der Waals surface area contributed by atoms with Crippen LogP contribution in [0.3, 0.4) is 0 Å². The molecule has 0 aliphatic heterocycles. The number of aromatic amines is 1. The number of aliphatic hydroxyl groups excluding tert-OH is 1. The van der Waals surface area contributed by atoms with Gasteiger partial charge in [0.25, 0.3) is 0 Å². The number of aromatic nitrogens is 2.